The summed E-state index contributed by atoms with van der Waals surface area (Å²) in [4.78, 5) is 39.1. The number of aliphatic hydroxyl groups excluding tert-OH is 1. The van der Waals surface area contributed by atoms with Gasteiger partial charge in [-0.3, -0.25) is 19.3 Å². The van der Waals surface area contributed by atoms with Gasteiger partial charge in [0.25, 0.3) is 0 Å². The Kier molecular flexibility index (Phi) is 12.9. The molecule has 6 atom stereocenters. The highest BCUT2D eigenvalue weighted by Crippen LogP contribution is 2.42. The van der Waals surface area contributed by atoms with Gasteiger partial charge in [-0.2, -0.15) is 0 Å². The Morgan fingerprint density at radius 1 is 0.857 bits per heavy atom. The number of carbonyl (C=O) groups is 3. The molecule has 10 nitrogen and oxygen atoms in total. The minimum Gasteiger partial charge on any atom is -0.481 e. The van der Waals surface area contributed by atoms with Crippen molar-refractivity contribution in [3.63, 3.8) is 0 Å². The number of hydrogen-bond acceptors (Lipinski definition) is 7. The first-order chi connectivity index (χ1) is 23.5. The Balaban J connectivity index is 1.31. The summed E-state index contributed by atoms with van der Waals surface area (Å²) in [5, 5.41) is 24.6. The predicted octanol–water partition coefficient (Wildman–Crippen LogP) is 5.92. The SMILES string of the molecule is CC(C)(C)NC(=O)[C@H]1CC[C@H]2CCCC[C@H]2N1C[C@@H]1C[C@H](c2ccc(CO)cc2)O[C@H](c2ccc(CNC(=O)CCCCC(=O)O)cc2)O1. The van der Waals surface area contributed by atoms with Crippen LogP contribution in [0.25, 0.3) is 0 Å². The number of fused-ring (bicyclic) bond motifs is 1. The van der Waals surface area contributed by atoms with Crippen molar-refractivity contribution in [2.45, 2.75) is 141 Å². The molecule has 10 heteroatoms. The Morgan fingerprint density at radius 2 is 1.53 bits per heavy atom. The lowest BCUT2D eigenvalue weighted by Gasteiger charge is -2.50. The molecule has 2 saturated heterocycles. The van der Waals surface area contributed by atoms with Crippen molar-refractivity contribution in [2.24, 2.45) is 5.92 Å². The number of likely N-dealkylation sites (tertiary alicyclic amines) is 1. The summed E-state index contributed by atoms with van der Waals surface area (Å²) in [5.41, 5.74) is 3.37. The molecule has 5 rings (SSSR count). The van der Waals surface area contributed by atoms with Crippen LogP contribution in [0.2, 0.25) is 0 Å². The Morgan fingerprint density at radius 3 is 2.22 bits per heavy atom. The van der Waals surface area contributed by atoms with Crippen molar-refractivity contribution >= 4 is 17.8 Å². The van der Waals surface area contributed by atoms with E-state index in [1.165, 1.54) is 19.3 Å². The summed E-state index contributed by atoms with van der Waals surface area (Å²) in [6, 6.07) is 15.9. The normalized spacial score (nSPS) is 26.0. The van der Waals surface area contributed by atoms with E-state index in [1.807, 2.05) is 69.3 Å². The number of benzene rings is 2. The summed E-state index contributed by atoms with van der Waals surface area (Å²) in [6.45, 7) is 7.10. The van der Waals surface area contributed by atoms with E-state index < -0.39 is 12.3 Å². The first-order valence-electron chi connectivity index (χ1n) is 18.1. The largest absolute Gasteiger partial charge is 0.481 e. The fourth-order valence-corrected chi connectivity index (χ4v) is 7.64. The number of ether oxygens (including phenoxy) is 2. The van der Waals surface area contributed by atoms with Crippen molar-refractivity contribution < 1.29 is 34.1 Å². The third-order valence-corrected chi connectivity index (χ3v) is 10.1. The highest BCUT2D eigenvalue weighted by atomic mass is 16.7. The van der Waals surface area contributed by atoms with Gasteiger partial charge in [0.15, 0.2) is 6.29 Å². The van der Waals surface area contributed by atoms with Gasteiger partial charge in [-0.15, -0.1) is 0 Å². The van der Waals surface area contributed by atoms with Crippen molar-refractivity contribution in [1.82, 2.24) is 15.5 Å². The number of aliphatic hydroxyl groups is 1. The second-order valence-corrected chi connectivity index (χ2v) is 15.1. The van der Waals surface area contributed by atoms with E-state index in [2.05, 4.69) is 15.5 Å². The molecule has 49 heavy (non-hydrogen) atoms. The second-order valence-electron chi connectivity index (χ2n) is 15.1. The van der Waals surface area contributed by atoms with Crippen LogP contribution in [0.15, 0.2) is 48.5 Å². The van der Waals surface area contributed by atoms with Gasteiger partial charge in [-0.05, 0) is 81.9 Å². The fraction of sp³-hybridized carbons (Fsp3) is 0.615. The molecule has 4 N–H and O–H groups in total. The lowest BCUT2D eigenvalue weighted by molar-refractivity contribution is -0.255. The Bertz CT molecular complexity index is 1390. The minimum absolute atomic E-state index is 0.0206. The highest BCUT2D eigenvalue weighted by molar-refractivity contribution is 5.82. The van der Waals surface area contributed by atoms with Gasteiger partial charge in [0.2, 0.25) is 11.8 Å². The molecule has 268 valence electrons. The van der Waals surface area contributed by atoms with E-state index in [9.17, 15) is 19.5 Å². The van der Waals surface area contributed by atoms with E-state index in [0.29, 0.717) is 50.7 Å². The molecule has 0 unspecified atom stereocenters. The van der Waals surface area contributed by atoms with Crippen molar-refractivity contribution in [2.75, 3.05) is 6.54 Å². The summed E-state index contributed by atoms with van der Waals surface area (Å²) in [5.74, 6) is -0.249. The van der Waals surface area contributed by atoms with E-state index in [0.717, 1.165) is 41.5 Å². The van der Waals surface area contributed by atoms with Crippen molar-refractivity contribution in [1.29, 1.82) is 0 Å². The van der Waals surface area contributed by atoms with E-state index >= 15 is 0 Å². The summed E-state index contributed by atoms with van der Waals surface area (Å²) in [6.07, 6.45) is 7.69. The molecular formula is C39H55N3O7. The van der Waals surface area contributed by atoms with Crippen LogP contribution >= 0.6 is 0 Å². The average molecular weight is 678 g/mol. The number of piperidine rings is 1. The maximum atomic E-state index is 13.7. The molecule has 2 aromatic rings. The molecule has 2 amide bonds. The molecule has 0 aromatic heterocycles. The number of nitrogens with zero attached hydrogens (tertiary/aromatic N) is 1. The molecular weight excluding hydrogens is 622 g/mol. The molecule has 0 spiro atoms. The number of carbonyl (C=O) groups excluding carboxylic acids is 2. The number of rotatable bonds is 13. The van der Waals surface area contributed by atoms with Crippen LogP contribution in [-0.2, 0) is 37.0 Å². The highest BCUT2D eigenvalue weighted by Gasteiger charge is 2.44. The Hall–Kier alpha value is -3.31. The standard InChI is InChI=1S/C39H55N3O7/c1-39(2,3)41-37(47)33-21-20-28-8-4-5-9-32(28)42(33)24-31-22-34(29-16-14-27(25-43)15-17-29)49-38(48-31)30-18-12-26(13-19-30)23-40-35(44)10-6-7-11-36(45)46/h12-19,28,31-34,38,43H,4-11,20-25H2,1-3H3,(H,40,44)(H,41,47)(H,45,46)/t28-,31+,32-,33-,34-,38-/m1/s1. The summed E-state index contributed by atoms with van der Waals surface area (Å²) < 4.78 is 13.4. The van der Waals surface area contributed by atoms with E-state index in [1.54, 1.807) is 0 Å². The van der Waals surface area contributed by atoms with Crippen LogP contribution in [0.1, 0.15) is 126 Å². The van der Waals surface area contributed by atoms with Crippen molar-refractivity contribution in [3.05, 3.63) is 70.8 Å². The minimum atomic E-state index is -0.847. The quantitative estimate of drug-likeness (QED) is 0.192. The van der Waals surface area contributed by atoms with Crippen LogP contribution in [0.4, 0.5) is 0 Å². The maximum Gasteiger partial charge on any atom is 0.303 e. The zero-order chi connectivity index (χ0) is 35.0. The van der Waals surface area contributed by atoms with Crippen LogP contribution in [0.5, 0.6) is 0 Å². The number of amides is 2. The molecule has 0 radical (unpaired) electrons. The predicted molar refractivity (Wildman–Crippen MR) is 186 cm³/mol. The van der Waals surface area contributed by atoms with Crippen LogP contribution in [-0.4, -0.2) is 63.2 Å². The molecule has 0 bridgehead atoms. The smallest absolute Gasteiger partial charge is 0.303 e. The van der Waals surface area contributed by atoms with Gasteiger partial charge in [0, 0.05) is 49.5 Å². The van der Waals surface area contributed by atoms with Gasteiger partial charge < -0.3 is 30.3 Å². The van der Waals surface area contributed by atoms with Crippen LogP contribution in [0.3, 0.4) is 0 Å². The number of carboxylic acid groups (broad SMARTS) is 1. The van der Waals surface area contributed by atoms with Crippen LogP contribution in [0, 0.1) is 5.92 Å². The lowest BCUT2D eigenvalue weighted by Crippen LogP contribution is -2.61. The topological polar surface area (TPSA) is 137 Å². The van der Waals surface area contributed by atoms with Crippen molar-refractivity contribution in [3.8, 4) is 0 Å². The van der Waals surface area contributed by atoms with E-state index in [-0.39, 0.29) is 48.6 Å². The monoisotopic (exact) mass is 677 g/mol. The number of hydrogen-bond donors (Lipinski definition) is 4. The molecule has 2 aromatic carbocycles. The molecule has 3 fully saturated rings. The number of carboxylic acids is 1. The molecule has 2 aliphatic heterocycles. The van der Waals surface area contributed by atoms with Gasteiger partial charge >= 0.3 is 5.97 Å². The molecule has 2 heterocycles. The first kappa shape index (κ1) is 37.0. The number of aliphatic carboxylic acids is 1. The number of nitrogens with one attached hydrogen (secondary N) is 2. The maximum absolute atomic E-state index is 13.7. The van der Waals surface area contributed by atoms with Gasteiger partial charge in [0.05, 0.1) is 24.9 Å². The van der Waals surface area contributed by atoms with Crippen LogP contribution < -0.4 is 10.6 Å². The van der Waals surface area contributed by atoms with Gasteiger partial charge in [-0.1, -0.05) is 61.4 Å². The zero-order valence-electron chi connectivity index (χ0n) is 29.4. The fourth-order valence-electron chi connectivity index (χ4n) is 7.64. The Labute approximate surface area is 290 Å². The van der Waals surface area contributed by atoms with Gasteiger partial charge in [0.1, 0.15) is 0 Å². The molecule has 1 aliphatic carbocycles. The zero-order valence-corrected chi connectivity index (χ0v) is 29.4. The third-order valence-electron chi connectivity index (χ3n) is 10.1. The summed E-state index contributed by atoms with van der Waals surface area (Å²) in [7, 11) is 0. The summed E-state index contributed by atoms with van der Waals surface area (Å²) >= 11 is 0. The lowest BCUT2D eigenvalue weighted by atomic mass is 9.75. The second kappa shape index (κ2) is 17.1. The average Bonchev–Trinajstić information content (AvgIpc) is 3.08. The molecule has 3 aliphatic rings. The molecule has 1 saturated carbocycles. The van der Waals surface area contributed by atoms with Gasteiger partial charge in [-0.25, -0.2) is 0 Å². The third kappa shape index (κ3) is 10.6. The first-order valence-corrected chi connectivity index (χ1v) is 18.1. The number of unbranched alkanes of at least 4 members (excludes halogenated alkanes) is 1. The van der Waals surface area contributed by atoms with E-state index in [4.69, 9.17) is 14.6 Å².